The van der Waals surface area contributed by atoms with E-state index in [9.17, 15) is 4.79 Å². The molecule has 1 amide bonds. The summed E-state index contributed by atoms with van der Waals surface area (Å²) in [6.45, 7) is 7.76. The van der Waals surface area contributed by atoms with Crippen molar-refractivity contribution in [1.29, 1.82) is 0 Å². The van der Waals surface area contributed by atoms with E-state index in [1.807, 2.05) is 52.0 Å². The van der Waals surface area contributed by atoms with Crippen molar-refractivity contribution in [2.24, 2.45) is 5.92 Å². The molecule has 0 aliphatic heterocycles. The summed E-state index contributed by atoms with van der Waals surface area (Å²) in [7, 11) is 1.79. The van der Waals surface area contributed by atoms with Crippen LogP contribution in [-0.4, -0.2) is 19.1 Å². The minimum Gasteiger partial charge on any atom is -0.491 e. The highest BCUT2D eigenvalue weighted by Gasteiger charge is 2.14. The van der Waals surface area contributed by atoms with Crippen LogP contribution in [0.1, 0.15) is 27.7 Å². The second kappa shape index (κ2) is 5.71. The van der Waals surface area contributed by atoms with Crippen LogP contribution < -0.4 is 9.64 Å². The fourth-order valence-electron chi connectivity index (χ4n) is 1.55. The zero-order valence-electron chi connectivity index (χ0n) is 11.2. The molecule has 94 valence electrons. The first-order valence-electron chi connectivity index (χ1n) is 5.96. The first-order chi connectivity index (χ1) is 7.91. The lowest BCUT2D eigenvalue weighted by Gasteiger charge is -2.20. The van der Waals surface area contributed by atoms with Gasteiger partial charge in [0.1, 0.15) is 5.75 Å². The Balaban J connectivity index is 2.87. The van der Waals surface area contributed by atoms with Gasteiger partial charge in [0.25, 0.3) is 0 Å². The Morgan fingerprint density at radius 2 is 1.88 bits per heavy atom. The van der Waals surface area contributed by atoms with E-state index in [1.165, 1.54) is 0 Å². The molecule has 0 spiro atoms. The maximum Gasteiger partial charge on any atom is 0.229 e. The zero-order chi connectivity index (χ0) is 13.0. The molecule has 1 rings (SSSR count). The van der Waals surface area contributed by atoms with Crippen molar-refractivity contribution < 1.29 is 9.53 Å². The molecule has 0 saturated heterocycles. The molecule has 0 heterocycles. The summed E-state index contributed by atoms with van der Waals surface area (Å²) >= 11 is 0. The van der Waals surface area contributed by atoms with Gasteiger partial charge in [0.05, 0.1) is 6.10 Å². The number of nitrogens with zero attached hydrogens (tertiary/aromatic N) is 1. The zero-order valence-corrected chi connectivity index (χ0v) is 11.2. The smallest absolute Gasteiger partial charge is 0.229 e. The quantitative estimate of drug-likeness (QED) is 0.802. The van der Waals surface area contributed by atoms with E-state index in [2.05, 4.69) is 0 Å². The number of hydrogen-bond donors (Lipinski definition) is 0. The van der Waals surface area contributed by atoms with Crippen LogP contribution >= 0.6 is 0 Å². The number of amides is 1. The maximum absolute atomic E-state index is 11.9. The average molecular weight is 235 g/mol. The molecule has 0 N–H and O–H groups in total. The van der Waals surface area contributed by atoms with E-state index in [-0.39, 0.29) is 17.9 Å². The molecule has 3 nitrogen and oxygen atoms in total. The Kier molecular flexibility index (Phi) is 4.55. The molecular formula is C14H21NO2. The van der Waals surface area contributed by atoms with Crippen LogP contribution in [0, 0.1) is 5.92 Å². The Morgan fingerprint density at radius 3 is 2.41 bits per heavy atom. The lowest BCUT2D eigenvalue weighted by atomic mass is 10.2. The summed E-state index contributed by atoms with van der Waals surface area (Å²) in [5.41, 5.74) is 0.863. The van der Waals surface area contributed by atoms with Crippen LogP contribution in [0.5, 0.6) is 5.75 Å². The van der Waals surface area contributed by atoms with Gasteiger partial charge in [-0.2, -0.15) is 0 Å². The Hall–Kier alpha value is -1.51. The monoisotopic (exact) mass is 235 g/mol. The highest BCUT2D eigenvalue weighted by atomic mass is 16.5. The van der Waals surface area contributed by atoms with Crippen LogP contribution in [0.4, 0.5) is 5.69 Å². The van der Waals surface area contributed by atoms with E-state index >= 15 is 0 Å². The van der Waals surface area contributed by atoms with E-state index in [0.29, 0.717) is 0 Å². The van der Waals surface area contributed by atoms with Gasteiger partial charge in [0, 0.05) is 24.7 Å². The lowest BCUT2D eigenvalue weighted by Crippen LogP contribution is -2.30. The molecular weight excluding hydrogens is 214 g/mol. The van der Waals surface area contributed by atoms with Gasteiger partial charge in [-0.15, -0.1) is 0 Å². The van der Waals surface area contributed by atoms with E-state index < -0.39 is 0 Å². The summed E-state index contributed by atoms with van der Waals surface area (Å²) in [6, 6.07) is 7.60. The summed E-state index contributed by atoms with van der Waals surface area (Å²) in [5, 5.41) is 0. The number of ether oxygens (including phenoxy) is 1. The van der Waals surface area contributed by atoms with Crippen LogP contribution in [0.3, 0.4) is 0 Å². The molecule has 0 unspecified atom stereocenters. The van der Waals surface area contributed by atoms with Crippen LogP contribution in [0.25, 0.3) is 0 Å². The second-order valence-corrected chi connectivity index (χ2v) is 4.72. The molecule has 1 aromatic carbocycles. The van der Waals surface area contributed by atoms with Gasteiger partial charge >= 0.3 is 0 Å². The molecule has 17 heavy (non-hydrogen) atoms. The second-order valence-electron chi connectivity index (χ2n) is 4.72. The molecule has 0 bridgehead atoms. The normalized spacial score (nSPS) is 10.8. The summed E-state index contributed by atoms with van der Waals surface area (Å²) < 4.78 is 5.61. The van der Waals surface area contributed by atoms with E-state index in [1.54, 1.807) is 11.9 Å². The molecule has 1 aromatic rings. The molecule has 0 saturated carbocycles. The highest BCUT2D eigenvalue weighted by molar-refractivity contribution is 5.94. The predicted molar refractivity (Wildman–Crippen MR) is 70.5 cm³/mol. The minimum absolute atomic E-state index is 0.00493. The predicted octanol–water partition coefficient (Wildman–Crippen LogP) is 3.09. The fraction of sp³-hybridized carbons (Fsp3) is 0.500. The van der Waals surface area contributed by atoms with Gasteiger partial charge in [-0.05, 0) is 26.0 Å². The molecule has 0 aromatic heterocycles. The van der Waals surface area contributed by atoms with Gasteiger partial charge in [-0.3, -0.25) is 4.79 Å². The van der Waals surface area contributed by atoms with Gasteiger partial charge < -0.3 is 9.64 Å². The molecule has 3 heteroatoms. The number of carbonyl (C=O) groups is 1. The molecule has 0 fully saturated rings. The van der Waals surface area contributed by atoms with Crippen LogP contribution in [-0.2, 0) is 4.79 Å². The first kappa shape index (κ1) is 13.6. The average Bonchev–Trinajstić information content (AvgIpc) is 2.26. The van der Waals surface area contributed by atoms with Gasteiger partial charge in [0.2, 0.25) is 5.91 Å². The Bertz CT molecular complexity index is 386. The largest absolute Gasteiger partial charge is 0.491 e. The van der Waals surface area contributed by atoms with Gasteiger partial charge in [0.15, 0.2) is 0 Å². The number of carbonyl (C=O) groups excluding carboxylic acids is 1. The Morgan fingerprint density at radius 1 is 1.24 bits per heavy atom. The van der Waals surface area contributed by atoms with Crippen molar-refractivity contribution in [2.45, 2.75) is 33.8 Å². The fourth-order valence-corrected chi connectivity index (χ4v) is 1.55. The van der Waals surface area contributed by atoms with Crippen molar-refractivity contribution in [3.05, 3.63) is 24.3 Å². The maximum atomic E-state index is 11.9. The minimum atomic E-state index is -0.00493. The van der Waals surface area contributed by atoms with Crippen LogP contribution in [0.2, 0.25) is 0 Å². The standard InChI is InChI=1S/C14H21NO2/c1-10(2)14(16)15(5)12-7-6-8-13(9-12)17-11(3)4/h6-11H,1-5H3. The van der Waals surface area contributed by atoms with Crippen molar-refractivity contribution in [3.8, 4) is 5.75 Å². The topological polar surface area (TPSA) is 29.5 Å². The molecule has 0 atom stereocenters. The third-order valence-corrected chi connectivity index (χ3v) is 2.40. The summed E-state index contributed by atoms with van der Waals surface area (Å²) in [6.07, 6.45) is 0.136. The van der Waals surface area contributed by atoms with Gasteiger partial charge in [-0.1, -0.05) is 19.9 Å². The third kappa shape index (κ3) is 3.77. The van der Waals surface area contributed by atoms with Gasteiger partial charge in [-0.25, -0.2) is 0 Å². The van der Waals surface area contributed by atoms with E-state index in [0.717, 1.165) is 11.4 Å². The molecule has 0 radical (unpaired) electrons. The van der Waals surface area contributed by atoms with Crippen molar-refractivity contribution >= 4 is 11.6 Å². The Labute approximate surface area is 103 Å². The lowest BCUT2D eigenvalue weighted by molar-refractivity contribution is -0.121. The summed E-state index contributed by atoms with van der Waals surface area (Å²) in [4.78, 5) is 13.5. The van der Waals surface area contributed by atoms with Crippen molar-refractivity contribution in [2.75, 3.05) is 11.9 Å². The van der Waals surface area contributed by atoms with Crippen molar-refractivity contribution in [3.63, 3.8) is 0 Å². The first-order valence-corrected chi connectivity index (χ1v) is 5.96. The molecule has 0 aliphatic rings. The van der Waals surface area contributed by atoms with Crippen molar-refractivity contribution in [1.82, 2.24) is 0 Å². The van der Waals surface area contributed by atoms with Crippen LogP contribution in [0.15, 0.2) is 24.3 Å². The number of rotatable bonds is 4. The molecule has 0 aliphatic carbocycles. The number of anilines is 1. The summed E-state index contributed by atoms with van der Waals surface area (Å²) in [5.74, 6) is 0.891. The number of benzene rings is 1. The third-order valence-electron chi connectivity index (χ3n) is 2.40. The van der Waals surface area contributed by atoms with E-state index in [4.69, 9.17) is 4.74 Å². The SMILES string of the molecule is CC(C)Oc1cccc(N(C)C(=O)C(C)C)c1. The number of hydrogen-bond acceptors (Lipinski definition) is 2. The highest BCUT2D eigenvalue weighted by Crippen LogP contribution is 2.22.